The zero-order valence-electron chi connectivity index (χ0n) is 9.88. The van der Waals surface area contributed by atoms with E-state index in [0.717, 1.165) is 0 Å². The van der Waals surface area contributed by atoms with Crippen LogP contribution in [0.3, 0.4) is 0 Å². The fourth-order valence-corrected chi connectivity index (χ4v) is 0. The van der Waals surface area contributed by atoms with Gasteiger partial charge in [-0.2, -0.15) is 13.1 Å². The van der Waals surface area contributed by atoms with Crippen molar-refractivity contribution in [3.05, 3.63) is 11.5 Å². The van der Waals surface area contributed by atoms with Gasteiger partial charge in [-0.05, 0) is 0 Å². The molecule has 114 valence electrons. The Hall–Kier alpha value is 7.11. The Kier molecular flexibility index (Phi) is 78.7. The molecule has 0 bridgehead atoms. The van der Waals surface area contributed by atoms with Gasteiger partial charge in [-0.15, -0.1) is 0 Å². The summed E-state index contributed by atoms with van der Waals surface area (Å²) < 4.78 is 0. The maximum atomic E-state index is 6.26. The summed E-state index contributed by atoms with van der Waals surface area (Å²) in [6.45, 7) is 1.67. The maximum absolute atomic E-state index is 6.26. The Labute approximate surface area is 204 Å². The van der Waals surface area contributed by atoms with Crippen LogP contribution in [0.5, 0.6) is 0 Å². The van der Waals surface area contributed by atoms with Gasteiger partial charge in [0.25, 0.3) is 0 Å². The Morgan fingerprint density at radius 2 is 1.06 bits per heavy atom. The van der Waals surface area contributed by atoms with Gasteiger partial charge in [-0.1, -0.05) is 0 Å². The first-order valence-corrected chi connectivity index (χ1v) is 44.4. The van der Waals surface area contributed by atoms with Crippen molar-refractivity contribution < 1.29 is 23.1 Å². The van der Waals surface area contributed by atoms with E-state index >= 15 is 0 Å². The molecule has 0 aromatic heterocycles. The van der Waals surface area contributed by atoms with Crippen molar-refractivity contribution in [2.75, 3.05) is 26.2 Å². The summed E-state index contributed by atoms with van der Waals surface area (Å²) in [6.07, 6.45) is 0. The van der Waals surface area contributed by atoms with E-state index in [4.69, 9.17) is 60.6 Å². The average Bonchev–Trinajstić information content (AvgIpc) is 2.30. The number of halogens is 6. The summed E-state index contributed by atoms with van der Waals surface area (Å²) in [7, 11) is 20.0. The third-order valence-electron chi connectivity index (χ3n) is 0.292. The number of hydrogen-bond donors (Lipinski definition) is 2. The van der Waals surface area contributed by atoms with Crippen molar-refractivity contribution in [3.8, 4) is 0 Å². The van der Waals surface area contributed by atoms with E-state index in [-0.39, 0.29) is 13.1 Å². The molecule has 0 amide bonds. The number of nitrogens with one attached hydrogen (secondary N) is 2. The molecule has 0 aliphatic carbocycles. The quantitative estimate of drug-likeness (QED) is 0.326. The summed E-state index contributed by atoms with van der Waals surface area (Å²) in [5, 5.41) is 0. The van der Waals surface area contributed by atoms with E-state index in [1.165, 1.54) is 63.2 Å². The monoisotopic (exact) mass is 980 g/mol. The Balaban J connectivity index is -0.0000000404. The minimum absolute atomic E-state index is 0.236. The first kappa shape index (κ1) is 36.1. The van der Waals surface area contributed by atoms with E-state index in [1.54, 1.807) is 0 Å². The summed E-state index contributed by atoms with van der Waals surface area (Å²) in [6, 6.07) is 0. The molecule has 0 heterocycles. The van der Waals surface area contributed by atoms with E-state index in [2.05, 4.69) is 38.7 Å². The van der Waals surface area contributed by atoms with Crippen molar-refractivity contribution in [2.24, 2.45) is 11.5 Å². The number of rotatable bonds is 2. The van der Waals surface area contributed by atoms with Crippen LogP contribution in [0.4, 0.5) is 0 Å². The van der Waals surface area contributed by atoms with Crippen LogP contribution in [-0.2, 0) is 23.1 Å². The summed E-state index contributed by atoms with van der Waals surface area (Å²) in [5.41, 5.74) is 22.3. The van der Waals surface area contributed by atoms with Crippen LogP contribution in [-0.4, -0.2) is 89.3 Å². The van der Waals surface area contributed by atoms with Crippen LogP contribution in [0.2, 0.25) is 0 Å². The molecule has 0 aromatic carbocycles. The normalized spacial score (nSPS) is 9.22. The molecule has 0 unspecified atom stereocenters. The average molecular weight is 982 g/mol. The molecular formula is C4H14Cl4I2K2N4Pt2. The third-order valence-corrected chi connectivity index (χ3v) is 0.292. The zero-order chi connectivity index (χ0) is 16.0. The molecule has 14 heteroatoms. The molecule has 0 aliphatic heterocycles. The SMILES string of the molecule is NCCN.[Cl][Pt]([Cl])([Cl])[Cl].[I][Pt+2][I].[K][K].[NH-]CC[NH-]. The van der Waals surface area contributed by atoms with Gasteiger partial charge in [0.05, 0.1) is 0 Å². The summed E-state index contributed by atoms with van der Waals surface area (Å²) in [5.74, 6) is 0. The summed E-state index contributed by atoms with van der Waals surface area (Å²) >= 11 is 4.74. The molecule has 4 nitrogen and oxygen atoms in total. The Morgan fingerprint density at radius 1 is 0.944 bits per heavy atom. The molecule has 0 saturated carbocycles. The molecule has 6 N–H and O–H groups in total. The Morgan fingerprint density at radius 3 is 1.06 bits per heavy atom. The van der Waals surface area contributed by atoms with Crippen molar-refractivity contribution in [3.63, 3.8) is 0 Å². The molecular weight excluding hydrogens is 968 g/mol. The van der Waals surface area contributed by atoms with E-state index in [1.807, 2.05) is 0 Å². The third kappa shape index (κ3) is 136. The molecule has 0 aromatic rings. The predicted molar refractivity (Wildman–Crippen MR) is 99.4 cm³/mol. The van der Waals surface area contributed by atoms with Crippen LogP contribution in [0, 0.1) is 0 Å². The van der Waals surface area contributed by atoms with Crippen LogP contribution in [0.25, 0.3) is 11.5 Å². The van der Waals surface area contributed by atoms with Crippen LogP contribution in [0.1, 0.15) is 0 Å². The second-order valence-corrected chi connectivity index (χ2v) is 37.7. The standard InChI is InChI=1S/C2H8N2.C2H6N2.4ClH.2HI.2K.2Pt/c2*3-1-2-4;;;;;;;;;;/h1-4H2;3-4H,1-2H2;6*1H;;;;/q;-2;;;;;;;;;2*+4/p-6. The molecule has 0 spiro atoms. The first-order chi connectivity index (χ1) is 8.24. The molecule has 0 aliphatic rings. The van der Waals surface area contributed by atoms with Crippen molar-refractivity contribution in [2.45, 2.75) is 0 Å². The van der Waals surface area contributed by atoms with Crippen molar-refractivity contribution >= 4 is 140 Å². The summed E-state index contributed by atoms with van der Waals surface area (Å²) in [4.78, 5) is 0. The van der Waals surface area contributed by atoms with E-state index < -0.39 is 11.9 Å². The predicted octanol–water partition coefficient (Wildman–Crippen LogP) is 3.76. The number of hydrogen-bond acceptors (Lipinski definition) is 2. The van der Waals surface area contributed by atoms with Crippen molar-refractivity contribution in [1.29, 1.82) is 0 Å². The molecule has 0 atom stereocenters. The van der Waals surface area contributed by atoms with Gasteiger partial charge in [-0.25, -0.2) is 0 Å². The minimum atomic E-state index is -3.06. The fourth-order valence-electron chi connectivity index (χ4n) is 0. The van der Waals surface area contributed by atoms with Gasteiger partial charge < -0.3 is 22.9 Å². The molecule has 0 rings (SSSR count). The van der Waals surface area contributed by atoms with Crippen LogP contribution < -0.4 is 11.5 Å². The molecule has 0 fully saturated rings. The van der Waals surface area contributed by atoms with Gasteiger partial charge >= 0.3 is 163 Å². The van der Waals surface area contributed by atoms with Crippen LogP contribution in [0.15, 0.2) is 0 Å². The van der Waals surface area contributed by atoms with E-state index in [9.17, 15) is 0 Å². The van der Waals surface area contributed by atoms with Crippen LogP contribution >= 0.6 is 76.4 Å². The minimum Gasteiger partial charge on any atom is -0.679 e. The zero-order valence-corrected chi connectivity index (χ0v) is 28.0. The molecule has 0 radical (unpaired) electrons. The van der Waals surface area contributed by atoms with Gasteiger partial charge in [-0.3, -0.25) is 0 Å². The fraction of sp³-hybridized carbons (Fsp3) is 1.00. The Bertz CT molecular complexity index is 97.7. The van der Waals surface area contributed by atoms with Gasteiger partial charge in [0, 0.05) is 13.1 Å². The van der Waals surface area contributed by atoms with Gasteiger partial charge in [0.15, 0.2) is 0 Å². The van der Waals surface area contributed by atoms with E-state index in [0.29, 0.717) is 24.3 Å². The topological polar surface area (TPSA) is 99.6 Å². The maximum Gasteiger partial charge on any atom is -0.171 e. The van der Waals surface area contributed by atoms with Crippen molar-refractivity contribution in [1.82, 2.24) is 0 Å². The largest absolute Gasteiger partial charge is 0.679 e. The van der Waals surface area contributed by atoms with Gasteiger partial charge in [0.2, 0.25) is 0 Å². The second kappa shape index (κ2) is 39.3. The molecule has 0 saturated heterocycles. The second-order valence-electron chi connectivity index (χ2n) is 1.39. The molecule has 18 heavy (non-hydrogen) atoms. The first-order valence-electron chi connectivity index (χ1n) is 4.24. The smallest absolute Gasteiger partial charge is 0.171 e. The van der Waals surface area contributed by atoms with Gasteiger partial charge in [0.1, 0.15) is 0 Å². The number of nitrogens with two attached hydrogens (primary N) is 2.